The Morgan fingerprint density at radius 1 is 1.28 bits per heavy atom. The van der Waals surface area contributed by atoms with Crippen LogP contribution in [0.2, 0.25) is 0 Å². The van der Waals surface area contributed by atoms with E-state index in [0.29, 0.717) is 0 Å². The molecule has 5 rings (SSSR count). The third kappa shape index (κ3) is 1.04. The molecular formula is C14H13NO3. The third-order valence-electron chi connectivity index (χ3n) is 4.06. The minimum atomic E-state index is -0.734. The number of hydrogen-bond acceptors (Lipinski definition) is 4. The van der Waals surface area contributed by atoms with Gasteiger partial charge in [0.2, 0.25) is 11.9 Å². The Balaban J connectivity index is 2.04. The summed E-state index contributed by atoms with van der Waals surface area (Å²) in [5, 5.41) is 0. The van der Waals surface area contributed by atoms with Crippen LogP contribution in [0.4, 0.5) is 0 Å². The van der Waals surface area contributed by atoms with E-state index < -0.39 is 11.9 Å². The van der Waals surface area contributed by atoms with Crippen LogP contribution in [0.3, 0.4) is 0 Å². The maximum Gasteiger partial charge on any atom is 0.215 e. The number of dihydropyridines is 1. The molecule has 0 aromatic rings. The van der Waals surface area contributed by atoms with Crippen LogP contribution in [0.15, 0.2) is 51.6 Å². The van der Waals surface area contributed by atoms with Crippen molar-refractivity contribution < 1.29 is 14.5 Å². The van der Waals surface area contributed by atoms with Crippen molar-refractivity contribution in [2.75, 3.05) is 0 Å². The van der Waals surface area contributed by atoms with E-state index in [4.69, 9.17) is 14.5 Å². The Morgan fingerprint density at radius 2 is 2.17 bits per heavy atom. The molecular weight excluding hydrogens is 230 g/mol. The number of fused-ring (bicyclic) bond motifs is 1. The lowest BCUT2D eigenvalue weighted by Gasteiger charge is -2.44. The van der Waals surface area contributed by atoms with E-state index >= 15 is 0 Å². The van der Waals surface area contributed by atoms with Gasteiger partial charge < -0.3 is 4.74 Å². The first-order valence-electron chi connectivity index (χ1n) is 6.04. The van der Waals surface area contributed by atoms with Gasteiger partial charge in [-0.1, -0.05) is 18.2 Å². The summed E-state index contributed by atoms with van der Waals surface area (Å²) < 4.78 is 5.91. The number of aliphatic imine (C=N–C) groups is 1. The molecule has 0 N–H and O–H groups in total. The summed E-state index contributed by atoms with van der Waals surface area (Å²) in [6, 6.07) is 0. The Hall–Kier alpha value is -1.49. The number of allylic oxidation sites excluding steroid dienone is 3. The van der Waals surface area contributed by atoms with Gasteiger partial charge in [0.15, 0.2) is 6.23 Å². The summed E-state index contributed by atoms with van der Waals surface area (Å²) in [6.45, 7) is 4.08. The summed E-state index contributed by atoms with van der Waals surface area (Å²) >= 11 is 0. The summed E-state index contributed by atoms with van der Waals surface area (Å²) in [6.07, 6.45) is 8.98. The van der Waals surface area contributed by atoms with E-state index in [0.717, 1.165) is 22.3 Å². The van der Waals surface area contributed by atoms with Crippen molar-refractivity contribution in [3.8, 4) is 0 Å². The fourth-order valence-corrected chi connectivity index (χ4v) is 2.90. The summed E-state index contributed by atoms with van der Waals surface area (Å²) in [4.78, 5) is 15.6. The first-order chi connectivity index (χ1) is 8.73. The monoisotopic (exact) mass is 243 g/mol. The highest BCUT2D eigenvalue weighted by Crippen LogP contribution is 2.50. The molecule has 0 radical (unpaired) electrons. The highest BCUT2D eigenvalue weighted by Gasteiger charge is 2.57. The normalized spacial score (nSPS) is 40.3. The van der Waals surface area contributed by atoms with Crippen molar-refractivity contribution in [3.05, 3.63) is 46.6 Å². The van der Waals surface area contributed by atoms with Crippen molar-refractivity contribution in [1.29, 1.82) is 0 Å². The quantitative estimate of drug-likeness (QED) is 0.612. The number of hydrogen-bond donors (Lipinski definition) is 0. The van der Waals surface area contributed by atoms with E-state index in [1.54, 1.807) is 6.21 Å². The van der Waals surface area contributed by atoms with Crippen molar-refractivity contribution in [3.63, 3.8) is 0 Å². The average Bonchev–Trinajstić information content (AvgIpc) is 2.56. The highest BCUT2D eigenvalue weighted by atomic mass is 17.2. The molecule has 3 unspecified atom stereocenters. The van der Waals surface area contributed by atoms with Gasteiger partial charge in [0, 0.05) is 6.21 Å². The molecule has 0 aromatic heterocycles. The second kappa shape index (κ2) is 3.29. The average molecular weight is 243 g/mol. The fourth-order valence-electron chi connectivity index (χ4n) is 2.90. The molecule has 1 spiro atoms. The molecule has 5 aliphatic rings. The molecule has 2 bridgehead atoms. The second-order valence-electron chi connectivity index (χ2n) is 4.90. The largest absolute Gasteiger partial charge is 0.317 e. The van der Waals surface area contributed by atoms with Crippen LogP contribution in [-0.4, -0.2) is 24.3 Å². The van der Waals surface area contributed by atoms with Gasteiger partial charge in [-0.3, -0.25) is 4.99 Å². The van der Waals surface area contributed by atoms with Crippen molar-refractivity contribution in [1.82, 2.24) is 0 Å². The Morgan fingerprint density at radius 3 is 3.06 bits per heavy atom. The van der Waals surface area contributed by atoms with Crippen LogP contribution in [-0.2, 0) is 14.5 Å². The summed E-state index contributed by atoms with van der Waals surface area (Å²) in [5.74, 6) is 0. The lowest BCUT2D eigenvalue weighted by atomic mass is 9.76. The molecule has 1 saturated heterocycles. The predicted octanol–water partition coefficient (Wildman–Crippen LogP) is 2.21. The van der Waals surface area contributed by atoms with Crippen LogP contribution in [0.1, 0.15) is 13.8 Å². The molecule has 4 heterocycles. The van der Waals surface area contributed by atoms with Crippen LogP contribution in [0.5, 0.6) is 0 Å². The molecule has 1 aliphatic carbocycles. The number of nitrogens with zero attached hydrogens (tertiary/aromatic N) is 1. The molecule has 4 heteroatoms. The van der Waals surface area contributed by atoms with E-state index in [1.807, 2.05) is 25.2 Å². The lowest BCUT2D eigenvalue weighted by molar-refractivity contribution is -0.459. The van der Waals surface area contributed by atoms with Crippen molar-refractivity contribution in [2.45, 2.75) is 32.0 Å². The molecule has 0 saturated carbocycles. The van der Waals surface area contributed by atoms with Gasteiger partial charge in [0.05, 0.1) is 0 Å². The van der Waals surface area contributed by atoms with E-state index in [9.17, 15) is 0 Å². The zero-order valence-corrected chi connectivity index (χ0v) is 10.2. The molecule has 0 aromatic carbocycles. The van der Waals surface area contributed by atoms with Crippen LogP contribution in [0, 0.1) is 0 Å². The minimum absolute atomic E-state index is 0.375. The Labute approximate surface area is 105 Å². The van der Waals surface area contributed by atoms with Gasteiger partial charge >= 0.3 is 0 Å². The molecule has 0 amide bonds. The van der Waals surface area contributed by atoms with E-state index in [1.165, 1.54) is 0 Å². The maximum atomic E-state index is 5.91. The smallest absolute Gasteiger partial charge is 0.215 e. The maximum absolute atomic E-state index is 5.91. The van der Waals surface area contributed by atoms with Crippen LogP contribution in [0.25, 0.3) is 0 Å². The molecule has 18 heavy (non-hydrogen) atoms. The molecule has 4 aliphatic heterocycles. The summed E-state index contributed by atoms with van der Waals surface area (Å²) in [7, 11) is 0. The third-order valence-corrected chi connectivity index (χ3v) is 4.06. The van der Waals surface area contributed by atoms with Gasteiger partial charge in [-0.15, -0.1) is 0 Å². The van der Waals surface area contributed by atoms with Gasteiger partial charge in [0.1, 0.15) is 0 Å². The molecule has 3 atom stereocenters. The van der Waals surface area contributed by atoms with Gasteiger partial charge in [-0.05, 0) is 42.2 Å². The Kier molecular flexibility index (Phi) is 1.91. The lowest BCUT2D eigenvalue weighted by Crippen LogP contribution is -2.54. The minimum Gasteiger partial charge on any atom is -0.317 e. The van der Waals surface area contributed by atoms with Gasteiger partial charge in [-0.2, -0.15) is 4.89 Å². The topological polar surface area (TPSA) is 40.0 Å². The van der Waals surface area contributed by atoms with E-state index in [-0.39, 0.29) is 6.23 Å². The number of ether oxygens (including phenoxy) is 1. The second-order valence-corrected chi connectivity index (χ2v) is 4.90. The zero-order chi connectivity index (χ0) is 12.3. The standard InChI is InChI=1S/C14H13NO3/c1-8-9(2)12-16-13-14(18-17-12)10(6-7-15-13)4-3-5-11(8)14/h3-7,12-13H,1-2H3. The van der Waals surface area contributed by atoms with Crippen LogP contribution >= 0.6 is 0 Å². The predicted molar refractivity (Wildman–Crippen MR) is 65.7 cm³/mol. The van der Waals surface area contributed by atoms with Crippen molar-refractivity contribution >= 4 is 6.21 Å². The molecule has 92 valence electrons. The van der Waals surface area contributed by atoms with Crippen molar-refractivity contribution in [2.24, 2.45) is 4.99 Å². The molecule has 1 fully saturated rings. The SMILES string of the molecule is CC1=C(C)C2OOC34C(=CC=NC3O2)C=CC=C14. The van der Waals surface area contributed by atoms with Gasteiger partial charge in [0.25, 0.3) is 0 Å². The first kappa shape index (κ1) is 10.4. The fraction of sp³-hybridized carbons (Fsp3) is 0.357. The summed E-state index contributed by atoms with van der Waals surface area (Å²) in [5.41, 5.74) is 3.56. The Bertz CT molecular complexity index is 582. The molecule has 4 nitrogen and oxygen atoms in total. The van der Waals surface area contributed by atoms with E-state index in [2.05, 4.69) is 18.0 Å². The number of rotatable bonds is 0. The van der Waals surface area contributed by atoms with Gasteiger partial charge in [-0.25, -0.2) is 4.89 Å². The zero-order valence-electron chi connectivity index (χ0n) is 10.2. The highest BCUT2D eigenvalue weighted by molar-refractivity contribution is 5.78. The van der Waals surface area contributed by atoms with Crippen LogP contribution < -0.4 is 0 Å². The first-order valence-corrected chi connectivity index (χ1v) is 6.04.